The first-order valence-corrected chi connectivity index (χ1v) is 5.34. The van der Waals surface area contributed by atoms with Crippen molar-refractivity contribution in [3.63, 3.8) is 0 Å². The first-order chi connectivity index (χ1) is 7.91. The number of hydrogen-bond acceptors (Lipinski definition) is 3. The van der Waals surface area contributed by atoms with Crippen molar-refractivity contribution < 1.29 is 15.0 Å². The number of aromatic nitrogens is 2. The molecule has 2 rings (SSSR count). The van der Waals surface area contributed by atoms with Crippen LogP contribution in [-0.4, -0.2) is 25.7 Å². The van der Waals surface area contributed by atoms with Crippen molar-refractivity contribution >= 4 is 17.0 Å². The third-order valence-corrected chi connectivity index (χ3v) is 2.76. The molecule has 0 spiro atoms. The molecule has 0 atom stereocenters. The predicted molar refractivity (Wildman–Crippen MR) is 63.4 cm³/mol. The van der Waals surface area contributed by atoms with Gasteiger partial charge < -0.3 is 14.8 Å². The first-order valence-electron chi connectivity index (χ1n) is 5.34. The lowest BCUT2D eigenvalue weighted by atomic mass is 10.2. The van der Waals surface area contributed by atoms with Crippen LogP contribution in [0.15, 0.2) is 12.1 Å². The summed E-state index contributed by atoms with van der Waals surface area (Å²) < 4.78 is 1.81. The van der Waals surface area contributed by atoms with Gasteiger partial charge in [0.15, 0.2) is 0 Å². The Bertz CT molecular complexity index is 599. The van der Waals surface area contributed by atoms with E-state index in [9.17, 15) is 9.90 Å². The molecule has 0 aliphatic carbocycles. The third kappa shape index (κ3) is 1.73. The topological polar surface area (TPSA) is 75.3 Å². The smallest absolute Gasteiger partial charge is 0.335 e. The average Bonchev–Trinajstić information content (AvgIpc) is 2.57. The van der Waals surface area contributed by atoms with Gasteiger partial charge in [0.1, 0.15) is 17.1 Å². The highest BCUT2D eigenvalue weighted by molar-refractivity contribution is 5.95. The maximum atomic E-state index is 10.9. The number of carboxylic acids is 1. The van der Waals surface area contributed by atoms with Gasteiger partial charge in [0, 0.05) is 13.0 Å². The highest BCUT2D eigenvalue weighted by Gasteiger charge is 2.16. The maximum Gasteiger partial charge on any atom is 0.335 e. The number of phenols is 1. The van der Waals surface area contributed by atoms with Gasteiger partial charge in [-0.15, -0.1) is 0 Å². The van der Waals surface area contributed by atoms with Crippen LogP contribution in [0.4, 0.5) is 0 Å². The fraction of sp³-hybridized carbons (Fsp3) is 0.333. The van der Waals surface area contributed by atoms with Crippen LogP contribution in [-0.2, 0) is 7.05 Å². The Morgan fingerprint density at radius 3 is 2.59 bits per heavy atom. The SMILES string of the molecule is CC(C)c1nc2c(O)cc(C(=O)O)cc2n1C. The van der Waals surface area contributed by atoms with E-state index in [4.69, 9.17) is 5.11 Å². The quantitative estimate of drug-likeness (QED) is 0.834. The standard InChI is InChI=1S/C12H14N2O3/c1-6(2)11-13-10-8(14(11)3)4-7(12(16)17)5-9(10)15/h4-6,15H,1-3H3,(H,16,17). The van der Waals surface area contributed by atoms with Crippen molar-refractivity contribution in [3.05, 3.63) is 23.5 Å². The van der Waals surface area contributed by atoms with E-state index >= 15 is 0 Å². The number of imidazole rings is 1. The molecule has 0 saturated heterocycles. The zero-order valence-electron chi connectivity index (χ0n) is 9.93. The number of hydrogen-bond donors (Lipinski definition) is 2. The summed E-state index contributed by atoms with van der Waals surface area (Å²) in [6.45, 7) is 3.99. The molecule has 0 unspecified atom stereocenters. The van der Waals surface area contributed by atoms with Crippen molar-refractivity contribution in [1.29, 1.82) is 0 Å². The molecule has 0 aliphatic heterocycles. The van der Waals surface area contributed by atoms with E-state index in [0.717, 1.165) is 5.82 Å². The number of benzene rings is 1. The van der Waals surface area contributed by atoms with Gasteiger partial charge in [-0.25, -0.2) is 9.78 Å². The maximum absolute atomic E-state index is 10.9. The zero-order valence-corrected chi connectivity index (χ0v) is 9.93. The fourth-order valence-corrected chi connectivity index (χ4v) is 1.93. The molecule has 0 amide bonds. The molecule has 17 heavy (non-hydrogen) atoms. The van der Waals surface area contributed by atoms with E-state index < -0.39 is 5.97 Å². The number of carbonyl (C=O) groups is 1. The minimum Gasteiger partial charge on any atom is -0.506 e. The molecule has 5 nitrogen and oxygen atoms in total. The number of carboxylic acid groups (broad SMARTS) is 1. The Hall–Kier alpha value is -2.04. The first kappa shape index (κ1) is 11.4. The fourth-order valence-electron chi connectivity index (χ4n) is 1.93. The normalized spacial score (nSPS) is 11.3. The van der Waals surface area contributed by atoms with Gasteiger partial charge in [0.25, 0.3) is 0 Å². The van der Waals surface area contributed by atoms with Gasteiger partial charge in [0.2, 0.25) is 0 Å². The number of aromatic carboxylic acids is 1. The summed E-state index contributed by atoms with van der Waals surface area (Å²) in [5, 5.41) is 18.7. The molecule has 0 aliphatic rings. The van der Waals surface area contributed by atoms with Gasteiger partial charge in [-0.05, 0) is 12.1 Å². The second-order valence-corrected chi connectivity index (χ2v) is 4.35. The summed E-state index contributed by atoms with van der Waals surface area (Å²) in [5.74, 6) is -0.130. The second-order valence-electron chi connectivity index (χ2n) is 4.35. The molecule has 2 aromatic rings. The molecule has 0 bridgehead atoms. The van der Waals surface area contributed by atoms with Crippen LogP contribution < -0.4 is 0 Å². The molecule has 0 saturated carbocycles. The van der Waals surface area contributed by atoms with Gasteiger partial charge in [-0.2, -0.15) is 0 Å². The molecule has 0 radical (unpaired) electrons. The Morgan fingerprint density at radius 1 is 1.41 bits per heavy atom. The summed E-state index contributed by atoms with van der Waals surface area (Å²) in [4.78, 5) is 15.2. The van der Waals surface area contributed by atoms with Gasteiger partial charge >= 0.3 is 5.97 Å². The van der Waals surface area contributed by atoms with Crippen molar-refractivity contribution in [2.24, 2.45) is 7.05 Å². The predicted octanol–water partition coefficient (Wildman–Crippen LogP) is 2.10. The molecule has 5 heteroatoms. The largest absolute Gasteiger partial charge is 0.506 e. The Balaban J connectivity index is 2.79. The number of nitrogens with zero attached hydrogens (tertiary/aromatic N) is 2. The number of phenolic OH excluding ortho intramolecular Hbond substituents is 1. The van der Waals surface area contributed by atoms with E-state index in [-0.39, 0.29) is 17.2 Å². The van der Waals surface area contributed by atoms with E-state index in [0.29, 0.717) is 11.0 Å². The summed E-state index contributed by atoms with van der Waals surface area (Å²) in [6.07, 6.45) is 0. The molecule has 1 heterocycles. The zero-order chi connectivity index (χ0) is 12.7. The second kappa shape index (κ2) is 3.76. The number of rotatable bonds is 2. The molecule has 0 fully saturated rings. The summed E-state index contributed by atoms with van der Waals surface area (Å²) in [6, 6.07) is 2.75. The lowest BCUT2D eigenvalue weighted by Crippen LogP contribution is -2.00. The number of fused-ring (bicyclic) bond motifs is 1. The number of aryl methyl sites for hydroxylation is 1. The minimum absolute atomic E-state index is 0.0632. The Labute approximate surface area is 98.3 Å². The third-order valence-electron chi connectivity index (χ3n) is 2.76. The van der Waals surface area contributed by atoms with Crippen LogP contribution in [0, 0.1) is 0 Å². The van der Waals surface area contributed by atoms with Crippen molar-refractivity contribution in [2.45, 2.75) is 19.8 Å². The lowest BCUT2D eigenvalue weighted by Gasteiger charge is -2.04. The molecule has 2 N–H and O–H groups in total. The summed E-state index contributed by atoms with van der Waals surface area (Å²) in [5.41, 5.74) is 1.14. The molecule has 90 valence electrons. The van der Waals surface area contributed by atoms with Crippen LogP contribution in [0.5, 0.6) is 5.75 Å². The highest BCUT2D eigenvalue weighted by atomic mass is 16.4. The monoisotopic (exact) mass is 234 g/mol. The van der Waals surface area contributed by atoms with Crippen LogP contribution >= 0.6 is 0 Å². The van der Waals surface area contributed by atoms with E-state index in [1.807, 2.05) is 25.5 Å². The van der Waals surface area contributed by atoms with E-state index in [1.54, 1.807) is 0 Å². The van der Waals surface area contributed by atoms with Crippen LogP contribution in [0.25, 0.3) is 11.0 Å². The van der Waals surface area contributed by atoms with E-state index in [1.165, 1.54) is 12.1 Å². The lowest BCUT2D eigenvalue weighted by molar-refractivity contribution is 0.0696. The van der Waals surface area contributed by atoms with Gasteiger partial charge in [-0.3, -0.25) is 0 Å². The van der Waals surface area contributed by atoms with E-state index in [2.05, 4.69) is 4.98 Å². The summed E-state index contributed by atoms with van der Waals surface area (Å²) in [7, 11) is 1.82. The highest BCUT2D eigenvalue weighted by Crippen LogP contribution is 2.28. The Morgan fingerprint density at radius 2 is 2.06 bits per heavy atom. The summed E-state index contributed by atoms with van der Waals surface area (Å²) >= 11 is 0. The molecule has 1 aromatic heterocycles. The van der Waals surface area contributed by atoms with Gasteiger partial charge in [0.05, 0.1) is 11.1 Å². The molecular formula is C12H14N2O3. The van der Waals surface area contributed by atoms with Crippen LogP contribution in [0.2, 0.25) is 0 Å². The van der Waals surface area contributed by atoms with Crippen LogP contribution in [0.3, 0.4) is 0 Å². The van der Waals surface area contributed by atoms with Crippen molar-refractivity contribution in [3.8, 4) is 5.75 Å². The minimum atomic E-state index is -1.06. The number of aromatic hydroxyl groups is 1. The van der Waals surface area contributed by atoms with Crippen molar-refractivity contribution in [1.82, 2.24) is 9.55 Å². The van der Waals surface area contributed by atoms with Crippen LogP contribution in [0.1, 0.15) is 35.9 Å². The average molecular weight is 234 g/mol. The molecular weight excluding hydrogens is 220 g/mol. The van der Waals surface area contributed by atoms with Crippen molar-refractivity contribution in [2.75, 3.05) is 0 Å². The van der Waals surface area contributed by atoms with Gasteiger partial charge in [-0.1, -0.05) is 13.8 Å². The Kier molecular flexibility index (Phi) is 2.53. The molecule has 1 aromatic carbocycles.